The number of nitrogens with one attached hydrogen (secondary N) is 1. The average molecular weight is 272 g/mol. The summed E-state index contributed by atoms with van der Waals surface area (Å²) in [6, 6.07) is -1.40. The lowest BCUT2D eigenvalue weighted by atomic mass is 10.2. The molecule has 1 aliphatic heterocycles. The fourth-order valence-corrected chi connectivity index (χ4v) is 2.24. The maximum Gasteiger partial charge on any atom is 0.326 e. The number of aliphatic hydroxyl groups excluding tert-OH is 1. The molecule has 0 spiro atoms. The molecule has 0 radical (unpaired) electrons. The van der Waals surface area contributed by atoms with Crippen LogP contribution in [0.3, 0.4) is 0 Å². The van der Waals surface area contributed by atoms with Gasteiger partial charge in [-0.15, -0.1) is 18.2 Å². The monoisotopic (exact) mass is 272 g/mol. The van der Waals surface area contributed by atoms with Crippen LogP contribution in [0, 0.1) is 12.3 Å². The summed E-state index contributed by atoms with van der Waals surface area (Å²) in [5.74, 6) is 2.62. The molecule has 7 heteroatoms. The second-order valence-corrected chi connectivity index (χ2v) is 4.99. The van der Waals surface area contributed by atoms with E-state index in [9.17, 15) is 14.7 Å². The molecule has 6 nitrogen and oxygen atoms in total. The number of amides is 2. The van der Waals surface area contributed by atoms with Gasteiger partial charge in [0.05, 0.1) is 11.9 Å². The lowest BCUT2D eigenvalue weighted by Gasteiger charge is -2.21. The first kappa shape index (κ1) is 14.7. The SMILES string of the molecule is C#CCSCCNC(=O)N1C[C@@H](O)C[C@H]1C(=O)O. The van der Waals surface area contributed by atoms with Gasteiger partial charge in [0.1, 0.15) is 6.04 Å². The number of carboxylic acid groups (broad SMARTS) is 1. The van der Waals surface area contributed by atoms with Gasteiger partial charge in [-0.1, -0.05) is 5.92 Å². The van der Waals surface area contributed by atoms with Gasteiger partial charge in [0.25, 0.3) is 0 Å². The minimum Gasteiger partial charge on any atom is -0.480 e. The van der Waals surface area contributed by atoms with Gasteiger partial charge in [0.2, 0.25) is 0 Å². The van der Waals surface area contributed by atoms with Crippen LogP contribution in [0.5, 0.6) is 0 Å². The van der Waals surface area contributed by atoms with Crippen molar-refractivity contribution in [2.24, 2.45) is 0 Å². The lowest BCUT2D eigenvalue weighted by molar-refractivity contribution is -0.141. The molecular formula is C11H16N2O4S. The van der Waals surface area contributed by atoms with Crippen LogP contribution in [0.1, 0.15) is 6.42 Å². The number of carbonyl (C=O) groups is 2. The van der Waals surface area contributed by atoms with Crippen molar-refractivity contribution in [2.45, 2.75) is 18.6 Å². The van der Waals surface area contributed by atoms with Crippen LogP contribution >= 0.6 is 11.8 Å². The quantitative estimate of drug-likeness (QED) is 0.467. The summed E-state index contributed by atoms with van der Waals surface area (Å²) in [6.07, 6.45) is 4.38. The van der Waals surface area contributed by atoms with E-state index in [0.717, 1.165) is 4.90 Å². The second-order valence-electron chi connectivity index (χ2n) is 3.88. The van der Waals surface area contributed by atoms with Crippen LogP contribution in [0.2, 0.25) is 0 Å². The molecule has 1 heterocycles. The molecule has 0 saturated carbocycles. The number of aliphatic carboxylic acids is 1. The molecule has 2 amide bonds. The Labute approximate surface area is 110 Å². The predicted molar refractivity (Wildman–Crippen MR) is 68.3 cm³/mol. The highest BCUT2D eigenvalue weighted by Gasteiger charge is 2.38. The van der Waals surface area contributed by atoms with E-state index in [4.69, 9.17) is 11.5 Å². The van der Waals surface area contributed by atoms with Gasteiger partial charge in [0.15, 0.2) is 0 Å². The van der Waals surface area contributed by atoms with Crippen LogP contribution in [0.4, 0.5) is 4.79 Å². The van der Waals surface area contributed by atoms with Crippen molar-refractivity contribution in [3.63, 3.8) is 0 Å². The molecule has 1 saturated heterocycles. The molecular weight excluding hydrogens is 256 g/mol. The van der Waals surface area contributed by atoms with Crippen LogP contribution in [-0.2, 0) is 4.79 Å². The molecule has 1 aliphatic rings. The fourth-order valence-electron chi connectivity index (χ4n) is 1.74. The number of thioether (sulfide) groups is 1. The van der Waals surface area contributed by atoms with Crippen molar-refractivity contribution in [3.05, 3.63) is 0 Å². The molecule has 0 aliphatic carbocycles. The van der Waals surface area contributed by atoms with Crippen molar-refractivity contribution in [2.75, 3.05) is 24.6 Å². The number of hydrogen-bond donors (Lipinski definition) is 3. The summed E-state index contributed by atoms with van der Waals surface area (Å²) >= 11 is 1.51. The van der Waals surface area contributed by atoms with Crippen molar-refractivity contribution in [1.29, 1.82) is 0 Å². The van der Waals surface area contributed by atoms with E-state index in [1.54, 1.807) is 0 Å². The van der Waals surface area contributed by atoms with E-state index in [0.29, 0.717) is 18.1 Å². The smallest absolute Gasteiger partial charge is 0.326 e. The van der Waals surface area contributed by atoms with Gasteiger partial charge in [-0.05, 0) is 0 Å². The number of urea groups is 1. The van der Waals surface area contributed by atoms with Crippen LogP contribution in [-0.4, -0.2) is 63.9 Å². The zero-order valence-electron chi connectivity index (χ0n) is 9.83. The molecule has 2 atom stereocenters. The molecule has 100 valence electrons. The summed E-state index contributed by atoms with van der Waals surface area (Å²) in [4.78, 5) is 23.8. The predicted octanol–water partition coefficient (Wildman–Crippen LogP) is -0.418. The first-order valence-corrected chi connectivity index (χ1v) is 6.68. The molecule has 0 aromatic carbocycles. The summed E-state index contributed by atoms with van der Waals surface area (Å²) < 4.78 is 0. The van der Waals surface area contributed by atoms with Crippen LogP contribution in [0.15, 0.2) is 0 Å². The van der Waals surface area contributed by atoms with Gasteiger partial charge in [0, 0.05) is 25.3 Å². The number of nitrogens with zero attached hydrogens (tertiary/aromatic N) is 1. The Hall–Kier alpha value is -1.39. The average Bonchev–Trinajstić information content (AvgIpc) is 2.71. The molecule has 3 N–H and O–H groups in total. The topological polar surface area (TPSA) is 89.9 Å². The maximum atomic E-state index is 11.7. The second kappa shape index (κ2) is 7.13. The number of β-amino-alcohol motifs (C(OH)–C–C–N with tert-alkyl or cyclic N) is 1. The number of carboxylic acids is 1. The van der Waals surface area contributed by atoms with Gasteiger partial charge < -0.3 is 20.4 Å². The first-order chi connectivity index (χ1) is 8.56. The van der Waals surface area contributed by atoms with Crippen molar-refractivity contribution in [3.8, 4) is 12.3 Å². The van der Waals surface area contributed by atoms with Gasteiger partial charge in [-0.3, -0.25) is 0 Å². The number of aliphatic hydroxyl groups is 1. The normalized spacial score (nSPS) is 22.6. The van der Waals surface area contributed by atoms with E-state index in [1.807, 2.05) is 0 Å². The minimum atomic E-state index is -1.09. The molecule has 1 rings (SSSR count). The van der Waals surface area contributed by atoms with Crippen molar-refractivity contribution >= 4 is 23.8 Å². The summed E-state index contributed by atoms with van der Waals surface area (Å²) in [6.45, 7) is 0.477. The van der Waals surface area contributed by atoms with Gasteiger partial charge in [-0.2, -0.15) is 0 Å². The standard InChI is InChI=1S/C11H16N2O4S/c1-2-4-18-5-3-12-11(17)13-7-8(14)6-9(13)10(15)16/h1,8-9,14H,3-7H2,(H,12,17)(H,15,16)/t8-,9-/m0/s1. The number of terminal acetylenes is 1. The van der Waals surface area contributed by atoms with E-state index < -0.39 is 24.1 Å². The maximum absolute atomic E-state index is 11.7. The van der Waals surface area contributed by atoms with E-state index in [-0.39, 0.29) is 13.0 Å². The largest absolute Gasteiger partial charge is 0.480 e. The Morgan fingerprint density at radius 3 is 2.89 bits per heavy atom. The number of rotatable bonds is 5. The Kier molecular flexibility index (Phi) is 5.82. The zero-order chi connectivity index (χ0) is 13.5. The Bertz CT molecular complexity index is 355. The van der Waals surface area contributed by atoms with Crippen molar-refractivity contribution < 1.29 is 19.8 Å². The van der Waals surface area contributed by atoms with E-state index in [2.05, 4.69) is 11.2 Å². The van der Waals surface area contributed by atoms with Gasteiger partial charge >= 0.3 is 12.0 Å². The third-order valence-electron chi connectivity index (χ3n) is 2.53. The molecule has 0 aromatic rings. The summed E-state index contributed by atoms with van der Waals surface area (Å²) in [5, 5.41) is 20.9. The van der Waals surface area contributed by atoms with Crippen LogP contribution in [0.25, 0.3) is 0 Å². The molecule has 0 unspecified atom stereocenters. The number of likely N-dealkylation sites (tertiary alicyclic amines) is 1. The third-order valence-corrected chi connectivity index (χ3v) is 3.40. The molecule has 18 heavy (non-hydrogen) atoms. The minimum absolute atomic E-state index is 0.0559. The number of hydrogen-bond acceptors (Lipinski definition) is 4. The van der Waals surface area contributed by atoms with Crippen molar-refractivity contribution in [1.82, 2.24) is 10.2 Å². The fraction of sp³-hybridized carbons (Fsp3) is 0.636. The van der Waals surface area contributed by atoms with E-state index >= 15 is 0 Å². The summed E-state index contributed by atoms with van der Waals surface area (Å²) in [5.41, 5.74) is 0. The third kappa shape index (κ3) is 4.13. The molecule has 1 fully saturated rings. The highest BCUT2D eigenvalue weighted by Crippen LogP contribution is 2.17. The van der Waals surface area contributed by atoms with Gasteiger partial charge in [-0.25, -0.2) is 9.59 Å². The molecule has 0 bridgehead atoms. The number of carbonyl (C=O) groups excluding carboxylic acids is 1. The van der Waals surface area contributed by atoms with Crippen LogP contribution < -0.4 is 5.32 Å². The molecule has 0 aromatic heterocycles. The zero-order valence-corrected chi connectivity index (χ0v) is 10.7. The Morgan fingerprint density at radius 1 is 1.56 bits per heavy atom. The highest BCUT2D eigenvalue weighted by molar-refractivity contribution is 7.99. The summed E-state index contributed by atoms with van der Waals surface area (Å²) in [7, 11) is 0. The van der Waals surface area contributed by atoms with E-state index in [1.165, 1.54) is 11.8 Å². The Balaban J connectivity index is 2.36. The first-order valence-electron chi connectivity index (χ1n) is 5.52. The highest BCUT2D eigenvalue weighted by atomic mass is 32.2. The lowest BCUT2D eigenvalue weighted by Crippen LogP contribution is -2.46. The Morgan fingerprint density at radius 2 is 2.28 bits per heavy atom.